The molecule has 0 saturated carbocycles. The van der Waals surface area contributed by atoms with Crippen molar-refractivity contribution < 1.29 is 15.1 Å². The number of hydrogen-bond acceptors (Lipinski definition) is 6. The number of phenols is 2. The second kappa shape index (κ2) is 5.41. The van der Waals surface area contributed by atoms with Gasteiger partial charge in [-0.25, -0.2) is 0 Å². The summed E-state index contributed by atoms with van der Waals surface area (Å²) in [6, 6.07) is 2.66. The van der Waals surface area contributed by atoms with Gasteiger partial charge in [-0.3, -0.25) is 15.0 Å². The predicted octanol–water partition coefficient (Wildman–Crippen LogP) is 0.972. The van der Waals surface area contributed by atoms with Gasteiger partial charge < -0.3 is 15.5 Å². The third kappa shape index (κ3) is 2.77. The third-order valence-corrected chi connectivity index (χ3v) is 3.47. The van der Waals surface area contributed by atoms with E-state index in [1.54, 1.807) is 0 Å². The zero-order valence-corrected chi connectivity index (χ0v) is 10.7. The Bertz CT molecular complexity index is 486. The number of benzene rings is 1. The largest absolute Gasteiger partial charge is 0.504 e. The van der Waals surface area contributed by atoms with Crippen LogP contribution in [0, 0.1) is 10.1 Å². The normalized spacial score (nSPS) is 18.2. The molecule has 2 rings (SSSR count). The first kappa shape index (κ1) is 13.6. The monoisotopic (exact) mass is 267 g/mol. The molecular formula is C12H17N3O4. The Morgan fingerprint density at radius 2 is 2.00 bits per heavy atom. The van der Waals surface area contributed by atoms with E-state index in [1.165, 1.54) is 12.1 Å². The van der Waals surface area contributed by atoms with Crippen LogP contribution in [-0.4, -0.2) is 46.2 Å². The van der Waals surface area contributed by atoms with Crippen LogP contribution in [0.3, 0.4) is 0 Å². The molecule has 1 aliphatic rings. The van der Waals surface area contributed by atoms with Gasteiger partial charge in [-0.05, 0) is 18.6 Å². The van der Waals surface area contributed by atoms with Gasteiger partial charge in [0.2, 0.25) is 5.75 Å². The third-order valence-electron chi connectivity index (χ3n) is 3.47. The van der Waals surface area contributed by atoms with E-state index in [0.717, 1.165) is 26.2 Å². The molecule has 3 N–H and O–H groups in total. The molecule has 1 aliphatic heterocycles. The zero-order valence-electron chi connectivity index (χ0n) is 10.7. The summed E-state index contributed by atoms with van der Waals surface area (Å²) in [6.45, 7) is 5.36. The summed E-state index contributed by atoms with van der Waals surface area (Å²) in [7, 11) is 0. The van der Waals surface area contributed by atoms with Crippen molar-refractivity contribution in [2.75, 3.05) is 26.2 Å². The van der Waals surface area contributed by atoms with Gasteiger partial charge in [-0.1, -0.05) is 0 Å². The van der Waals surface area contributed by atoms with E-state index in [-0.39, 0.29) is 6.04 Å². The standard InChI is InChI=1S/C12H17N3O4/c1-8(14-4-2-13-3-5-14)9-6-10(15(18)19)12(17)11(16)7-9/h6-8,13,16-17H,2-5H2,1H3/t8-/m0/s1. The number of rotatable bonds is 3. The molecule has 19 heavy (non-hydrogen) atoms. The van der Waals surface area contributed by atoms with Gasteiger partial charge in [0.25, 0.3) is 0 Å². The lowest BCUT2D eigenvalue weighted by Crippen LogP contribution is -2.44. The quantitative estimate of drug-likeness (QED) is 0.429. The van der Waals surface area contributed by atoms with Crippen molar-refractivity contribution >= 4 is 5.69 Å². The highest BCUT2D eigenvalue weighted by Gasteiger charge is 2.24. The minimum absolute atomic E-state index is 0.0488. The molecule has 1 aromatic rings. The Kier molecular flexibility index (Phi) is 3.87. The van der Waals surface area contributed by atoms with E-state index in [1.807, 2.05) is 6.92 Å². The number of piperazine rings is 1. The topological polar surface area (TPSA) is 98.9 Å². The molecule has 0 aliphatic carbocycles. The maximum Gasteiger partial charge on any atom is 0.314 e. The van der Waals surface area contributed by atoms with Gasteiger partial charge >= 0.3 is 5.69 Å². The van der Waals surface area contributed by atoms with Gasteiger partial charge in [-0.2, -0.15) is 0 Å². The van der Waals surface area contributed by atoms with Gasteiger partial charge in [0.15, 0.2) is 5.75 Å². The van der Waals surface area contributed by atoms with E-state index in [4.69, 9.17) is 0 Å². The van der Waals surface area contributed by atoms with Crippen molar-refractivity contribution in [3.05, 3.63) is 27.8 Å². The molecular weight excluding hydrogens is 250 g/mol. The molecule has 0 aromatic heterocycles. The number of nitro groups is 1. The Balaban J connectivity index is 2.31. The van der Waals surface area contributed by atoms with Crippen LogP contribution in [0.15, 0.2) is 12.1 Å². The second-order valence-electron chi connectivity index (χ2n) is 4.63. The molecule has 1 atom stereocenters. The summed E-state index contributed by atoms with van der Waals surface area (Å²) < 4.78 is 0. The summed E-state index contributed by atoms with van der Waals surface area (Å²) >= 11 is 0. The summed E-state index contributed by atoms with van der Waals surface area (Å²) in [5.74, 6) is -1.13. The molecule has 0 bridgehead atoms. The summed E-state index contributed by atoms with van der Waals surface area (Å²) in [4.78, 5) is 12.3. The SMILES string of the molecule is C[C@@H](c1cc(O)c(O)c([N+](=O)[O-])c1)N1CCNCC1. The summed E-state index contributed by atoms with van der Waals surface area (Å²) in [6.07, 6.45) is 0. The average Bonchev–Trinajstić information content (AvgIpc) is 2.41. The number of nitrogens with zero attached hydrogens (tertiary/aromatic N) is 2. The molecule has 0 amide bonds. The molecule has 1 aromatic carbocycles. The first-order chi connectivity index (χ1) is 9.00. The van der Waals surface area contributed by atoms with E-state index < -0.39 is 22.1 Å². The Morgan fingerprint density at radius 3 is 2.58 bits per heavy atom. The van der Waals surface area contributed by atoms with Crippen LogP contribution < -0.4 is 5.32 Å². The Hall–Kier alpha value is -1.86. The lowest BCUT2D eigenvalue weighted by atomic mass is 10.0. The van der Waals surface area contributed by atoms with Crippen LogP contribution in [-0.2, 0) is 0 Å². The molecule has 1 fully saturated rings. The van der Waals surface area contributed by atoms with Crippen molar-refractivity contribution in [3.8, 4) is 11.5 Å². The lowest BCUT2D eigenvalue weighted by molar-refractivity contribution is -0.386. The van der Waals surface area contributed by atoms with Crippen molar-refractivity contribution in [1.29, 1.82) is 0 Å². The molecule has 0 radical (unpaired) electrons. The molecule has 7 heteroatoms. The Morgan fingerprint density at radius 1 is 1.37 bits per heavy atom. The number of aromatic hydroxyl groups is 2. The van der Waals surface area contributed by atoms with E-state index in [9.17, 15) is 20.3 Å². The van der Waals surface area contributed by atoms with Crippen LogP contribution in [0.1, 0.15) is 18.5 Å². The molecule has 1 saturated heterocycles. The second-order valence-corrected chi connectivity index (χ2v) is 4.63. The first-order valence-corrected chi connectivity index (χ1v) is 6.15. The fraction of sp³-hybridized carbons (Fsp3) is 0.500. The van der Waals surface area contributed by atoms with Crippen LogP contribution in [0.25, 0.3) is 0 Å². The molecule has 0 spiro atoms. The van der Waals surface area contributed by atoms with Gasteiger partial charge in [0.1, 0.15) is 0 Å². The fourth-order valence-electron chi connectivity index (χ4n) is 2.29. The lowest BCUT2D eigenvalue weighted by Gasteiger charge is -2.33. The van der Waals surface area contributed by atoms with E-state index in [2.05, 4.69) is 10.2 Å². The molecule has 0 unspecified atom stereocenters. The summed E-state index contributed by atoms with van der Waals surface area (Å²) in [5.41, 5.74) is 0.167. The summed E-state index contributed by atoms with van der Waals surface area (Å²) in [5, 5.41) is 33.1. The first-order valence-electron chi connectivity index (χ1n) is 6.15. The molecule has 1 heterocycles. The van der Waals surface area contributed by atoms with Crippen LogP contribution in [0.5, 0.6) is 11.5 Å². The number of phenolic OH excluding ortho intramolecular Hbond substituents is 2. The highest BCUT2D eigenvalue weighted by Crippen LogP contribution is 2.38. The van der Waals surface area contributed by atoms with Crippen molar-refractivity contribution in [1.82, 2.24) is 10.2 Å². The highest BCUT2D eigenvalue weighted by atomic mass is 16.6. The minimum atomic E-state index is -0.691. The van der Waals surface area contributed by atoms with Crippen molar-refractivity contribution in [2.45, 2.75) is 13.0 Å². The molecule has 104 valence electrons. The van der Waals surface area contributed by atoms with Crippen molar-refractivity contribution in [3.63, 3.8) is 0 Å². The number of nitro benzene ring substituents is 1. The average molecular weight is 267 g/mol. The van der Waals surface area contributed by atoms with E-state index in [0.29, 0.717) is 5.56 Å². The Labute approximate surface area is 110 Å². The van der Waals surface area contributed by atoms with E-state index >= 15 is 0 Å². The zero-order chi connectivity index (χ0) is 14.0. The van der Waals surface area contributed by atoms with Crippen LogP contribution in [0.2, 0.25) is 0 Å². The predicted molar refractivity (Wildman–Crippen MR) is 69.3 cm³/mol. The number of hydrogen-bond donors (Lipinski definition) is 3. The fourth-order valence-corrected chi connectivity index (χ4v) is 2.29. The van der Waals surface area contributed by atoms with Crippen molar-refractivity contribution in [2.24, 2.45) is 0 Å². The smallest absolute Gasteiger partial charge is 0.314 e. The highest BCUT2D eigenvalue weighted by molar-refractivity contribution is 5.56. The molecule has 7 nitrogen and oxygen atoms in total. The van der Waals surface area contributed by atoms with Gasteiger partial charge in [-0.15, -0.1) is 0 Å². The van der Waals surface area contributed by atoms with Crippen LogP contribution in [0.4, 0.5) is 5.69 Å². The number of nitrogens with one attached hydrogen (secondary N) is 1. The minimum Gasteiger partial charge on any atom is -0.504 e. The maximum atomic E-state index is 10.8. The maximum absolute atomic E-state index is 10.8. The van der Waals surface area contributed by atoms with Gasteiger partial charge in [0, 0.05) is 38.3 Å². The van der Waals surface area contributed by atoms with Gasteiger partial charge in [0.05, 0.1) is 4.92 Å². The van der Waals surface area contributed by atoms with Crippen LogP contribution >= 0.6 is 0 Å².